The van der Waals surface area contributed by atoms with Crippen molar-refractivity contribution in [2.24, 2.45) is 7.05 Å². The smallest absolute Gasteiger partial charge is 0.328 e. The highest BCUT2D eigenvalue weighted by Crippen LogP contribution is 2.34. The molecule has 0 aliphatic heterocycles. The van der Waals surface area contributed by atoms with Crippen LogP contribution in [0.15, 0.2) is 52.6 Å². The SMILES string of the molecule is COc1ccc(-c2csc(NC(=O)CCn3c(=O)n(C)c4ccccc43)n2)c(OC)c1. The van der Waals surface area contributed by atoms with Crippen molar-refractivity contribution in [1.82, 2.24) is 14.1 Å². The van der Waals surface area contributed by atoms with Crippen molar-refractivity contribution < 1.29 is 14.3 Å². The van der Waals surface area contributed by atoms with Crippen LogP contribution >= 0.6 is 11.3 Å². The molecule has 0 saturated heterocycles. The Morgan fingerprint density at radius 2 is 1.90 bits per heavy atom. The van der Waals surface area contributed by atoms with Crippen molar-refractivity contribution in [2.45, 2.75) is 13.0 Å². The standard InChI is InChI=1S/C22H22N4O4S/c1-25-17-6-4-5-7-18(17)26(22(25)28)11-10-20(27)24-21-23-16(13-31-21)15-9-8-14(29-2)12-19(15)30-3/h4-9,12-13H,10-11H2,1-3H3,(H,23,24,27). The number of hydrogen-bond acceptors (Lipinski definition) is 6. The van der Waals surface area contributed by atoms with Crippen LogP contribution in [0.5, 0.6) is 11.5 Å². The van der Waals surface area contributed by atoms with Crippen LogP contribution in [0.1, 0.15) is 6.42 Å². The predicted octanol–water partition coefficient (Wildman–Crippen LogP) is 3.51. The summed E-state index contributed by atoms with van der Waals surface area (Å²) in [6, 6.07) is 13.0. The molecule has 160 valence electrons. The van der Waals surface area contributed by atoms with Gasteiger partial charge in [-0.3, -0.25) is 13.9 Å². The number of nitrogens with one attached hydrogen (secondary N) is 1. The van der Waals surface area contributed by atoms with E-state index in [4.69, 9.17) is 9.47 Å². The molecule has 0 spiro atoms. The Bertz CT molecular complexity index is 1300. The van der Waals surface area contributed by atoms with Gasteiger partial charge in [-0.1, -0.05) is 12.1 Å². The molecule has 0 unspecified atom stereocenters. The Morgan fingerprint density at radius 1 is 1.13 bits per heavy atom. The Hall–Kier alpha value is -3.59. The van der Waals surface area contributed by atoms with E-state index in [0.29, 0.717) is 22.3 Å². The zero-order chi connectivity index (χ0) is 22.0. The lowest BCUT2D eigenvalue weighted by Gasteiger charge is -2.08. The second-order valence-electron chi connectivity index (χ2n) is 6.88. The molecule has 1 amide bonds. The number of fused-ring (bicyclic) bond motifs is 1. The highest BCUT2D eigenvalue weighted by atomic mass is 32.1. The van der Waals surface area contributed by atoms with Gasteiger partial charge in [0.05, 0.1) is 30.9 Å². The largest absolute Gasteiger partial charge is 0.497 e. The predicted molar refractivity (Wildman–Crippen MR) is 121 cm³/mol. The number of methoxy groups -OCH3 is 2. The van der Waals surface area contributed by atoms with Gasteiger partial charge in [0.15, 0.2) is 5.13 Å². The summed E-state index contributed by atoms with van der Waals surface area (Å²) in [5.74, 6) is 1.12. The summed E-state index contributed by atoms with van der Waals surface area (Å²) in [5, 5.41) is 5.16. The third kappa shape index (κ3) is 4.04. The van der Waals surface area contributed by atoms with Gasteiger partial charge in [-0.25, -0.2) is 9.78 Å². The number of carbonyl (C=O) groups is 1. The van der Waals surface area contributed by atoms with Crippen LogP contribution in [0.2, 0.25) is 0 Å². The van der Waals surface area contributed by atoms with Crippen molar-refractivity contribution >= 4 is 33.4 Å². The molecular formula is C22H22N4O4S. The number of thiazole rings is 1. The Kier molecular flexibility index (Phi) is 5.77. The van der Waals surface area contributed by atoms with E-state index in [1.165, 1.54) is 11.3 Å². The number of amides is 1. The van der Waals surface area contributed by atoms with Crippen LogP contribution in [0.3, 0.4) is 0 Å². The normalized spacial score (nSPS) is 10.9. The Labute approximate surface area is 182 Å². The number of imidazole rings is 1. The topological polar surface area (TPSA) is 87.4 Å². The van der Waals surface area contributed by atoms with Gasteiger partial charge >= 0.3 is 5.69 Å². The maximum absolute atomic E-state index is 12.5. The van der Waals surface area contributed by atoms with Crippen molar-refractivity contribution in [2.75, 3.05) is 19.5 Å². The van der Waals surface area contributed by atoms with Crippen LogP contribution in [0.25, 0.3) is 22.3 Å². The number of anilines is 1. The summed E-state index contributed by atoms with van der Waals surface area (Å²) in [4.78, 5) is 29.5. The fraction of sp³-hybridized carbons (Fsp3) is 0.227. The fourth-order valence-corrected chi connectivity index (χ4v) is 4.17. The highest BCUT2D eigenvalue weighted by molar-refractivity contribution is 7.14. The van der Waals surface area contributed by atoms with Gasteiger partial charge in [-0.05, 0) is 24.3 Å². The Morgan fingerprint density at radius 3 is 2.65 bits per heavy atom. The zero-order valence-electron chi connectivity index (χ0n) is 17.4. The first-order valence-corrected chi connectivity index (χ1v) is 10.5. The summed E-state index contributed by atoms with van der Waals surface area (Å²) < 4.78 is 13.9. The van der Waals surface area contributed by atoms with Crippen LogP contribution < -0.4 is 20.5 Å². The van der Waals surface area contributed by atoms with Gasteiger partial charge in [0.2, 0.25) is 5.91 Å². The lowest BCUT2D eigenvalue weighted by atomic mass is 10.1. The minimum absolute atomic E-state index is 0.142. The van der Waals surface area contributed by atoms with E-state index in [1.54, 1.807) is 36.5 Å². The van der Waals surface area contributed by atoms with E-state index >= 15 is 0 Å². The van der Waals surface area contributed by atoms with Crippen molar-refractivity contribution in [1.29, 1.82) is 0 Å². The van der Waals surface area contributed by atoms with Gasteiger partial charge in [0.25, 0.3) is 0 Å². The third-order valence-electron chi connectivity index (χ3n) is 5.05. The number of para-hydroxylation sites is 2. The van der Waals surface area contributed by atoms with Gasteiger partial charge in [0.1, 0.15) is 11.5 Å². The number of carbonyl (C=O) groups excluding carboxylic acids is 1. The first-order valence-electron chi connectivity index (χ1n) is 9.64. The molecule has 0 aliphatic carbocycles. The molecule has 2 aromatic heterocycles. The highest BCUT2D eigenvalue weighted by Gasteiger charge is 2.14. The average molecular weight is 439 g/mol. The number of ether oxygens (including phenoxy) is 2. The van der Waals surface area contributed by atoms with Gasteiger partial charge in [0, 0.05) is 37.0 Å². The van der Waals surface area contributed by atoms with E-state index in [1.807, 2.05) is 41.8 Å². The number of aryl methyl sites for hydroxylation is 2. The molecule has 0 atom stereocenters. The van der Waals surface area contributed by atoms with E-state index in [0.717, 1.165) is 16.6 Å². The van der Waals surface area contributed by atoms with Crippen LogP contribution in [-0.2, 0) is 18.4 Å². The molecule has 0 bridgehead atoms. The molecule has 1 N–H and O–H groups in total. The van der Waals surface area contributed by atoms with E-state index in [2.05, 4.69) is 10.3 Å². The lowest BCUT2D eigenvalue weighted by Crippen LogP contribution is -2.24. The third-order valence-corrected chi connectivity index (χ3v) is 5.81. The molecule has 8 nitrogen and oxygen atoms in total. The molecular weight excluding hydrogens is 416 g/mol. The van der Waals surface area contributed by atoms with E-state index in [-0.39, 0.29) is 24.6 Å². The van der Waals surface area contributed by atoms with Gasteiger partial charge in [-0.15, -0.1) is 11.3 Å². The molecule has 0 fully saturated rings. The average Bonchev–Trinajstić information content (AvgIpc) is 3.35. The number of benzene rings is 2. The molecule has 2 aromatic carbocycles. The van der Waals surface area contributed by atoms with Gasteiger partial charge in [-0.2, -0.15) is 0 Å². The quantitative estimate of drug-likeness (QED) is 0.477. The Balaban J connectivity index is 1.46. The van der Waals surface area contributed by atoms with Crippen molar-refractivity contribution in [3.8, 4) is 22.8 Å². The summed E-state index contributed by atoms with van der Waals surface area (Å²) in [6.45, 7) is 0.288. The lowest BCUT2D eigenvalue weighted by molar-refractivity contribution is -0.116. The summed E-state index contributed by atoms with van der Waals surface area (Å²) in [5.41, 5.74) is 3.02. The first-order chi connectivity index (χ1) is 15.0. The maximum Gasteiger partial charge on any atom is 0.328 e. The molecule has 0 radical (unpaired) electrons. The molecule has 31 heavy (non-hydrogen) atoms. The fourth-order valence-electron chi connectivity index (χ4n) is 3.44. The van der Waals surface area contributed by atoms with Crippen LogP contribution in [0, 0.1) is 0 Å². The summed E-state index contributed by atoms with van der Waals surface area (Å²) in [7, 11) is 4.91. The van der Waals surface area contributed by atoms with E-state index < -0.39 is 0 Å². The molecule has 9 heteroatoms. The van der Waals surface area contributed by atoms with Crippen molar-refractivity contribution in [3.05, 3.63) is 58.3 Å². The number of nitrogens with zero attached hydrogens (tertiary/aromatic N) is 3. The maximum atomic E-state index is 12.5. The molecule has 0 saturated carbocycles. The number of aromatic nitrogens is 3. The molecule has 4 aromatic rings. The van der Waals surface area contributed by atoms with E-state index in [9.17, 15) is 9.59 Å². The summed E-state index contributed by atoms with van der Waals surface area (Å²) >= 11 is 1.33. The monoisotopic (exact) mass is 438 g/mol. The second-order valence-corrected chi connectivity index (χ2v) is 7.74. The van der Waals surface area contributed by atoms with Crippen LogP contribution in [-0.4, -0.2) is 34.2 Å². The second kappa shape index (κ2) is 8.65. The minimum atomic E-state index is -0.206. The summed E-state index contributed by atoms with van der Waals surface area (Å²) in [6.07, 6.45) is 0.161. The van der Waals surface area contributed by atoms with Crippen molar-refractivity contribution in [3.63, 3.8) is 0 Å². The number of hydrogen-bond donors (Lipinski definition) is 1. The molecule has 0 aliphatic rings. The van der Waals surface area contributed by atoms with Gasteiger partial charge < -0.3 is 14.8 Å². The minimum Gasteiger partial charge on any atom is -0.497 e. The van der Waals surface area contributed by atoms with Crippen LogP contribution in [0.4, 0.5) is 5.13 Å². The first kappa shape index (κ1) is 20.7. The zero-order valence-corrected chi connectivity index (χ0v) is 18.2. The molecule has 4 rings (SSSR count). The number of rotatable bonds is 7. The molecule has 2 heterocycles.